The Morgan fingerprint density at radius 1 is 0.355 bits per heavy atom. The molecule has 0 spiro atoms. The van der Waals surface area contributed by atoms with E-state index < -0.39 is 20.2 Å². The molecule has 0 aliphatic carbocycles. The molecule has 196 valence electrons. The van der Waals surface area contributed by atoms with Crippen LogP contribution in [0, 0.1) is 0 Å². The predicted molar refractivity (Wildman–Crippen MR) is 141 cm³/mol. The van der Waals surface area contributed by atoms with Crippen LogP contribution in [0.3, 0.4) is 0 Å². The Kier molecular flexibility index (Phi) is 40.8. The zero-order valence-corrected chi connectivity index (χ0v) is 24.2. The SMILES string of the molecule is CCCCCCCC.CCCCCCCC.OP(O)(O)=S.OP(O)(O)=S.OP(O)(O)=S. The Labute approximate surface area is 204 Å². The second-order valence-corrected chi connectivity index (χ2v) is 13.9. The number of hydrogen-bond acceptors (Lipinski definition) is 3. The van der Waals surface area contributed by atoms with Gasteiger partial charge in [-0.15, -0.1) is 0 Å². The van der Waals surface area contributed by atoms with E-state index in [1.807, 2.05) is 0 Å². The lowest BCUT2D eigenvalue weighted by molar-refractivity contribution is 0.361. The molecule has 0 rings (SSSR count). The third-order valence-electron chi connectivity index (χ3n) is 2.91. The van der Waals surface area contributed by atoms with Crippen LogP contribution in [0.25, 0.3) is 0 Å². The Hall–Kier alpha value is 1.59. The molecule has 0 fully saturated rings. The molecular formula is C16H45O9P3S3. The lowest BCUT2D eigenvalue weighted by Gasteiger charge is -1.93. The molecule has 9 nitrogen and oxygen atoms in total. The summed E-state index contributed by atoms with van der Waals surface area (Å²) >= 11 is 10.8. The van der Waals surface area contributed by atoms with Gasteiger partial charge in [0.2, 0.25) is 0 Å². The zero-order valence-electron chi connectivity index (χ0n) is 19.1. The molecule has 0 heterocycles. The maximum atomic E-state index is 7.56. The predicted octanol–water partition coefficient (Wildman–Crippen LogP) is 4.30. The molecule has 0 bridgehead atoms. The van der Waals surface area contributed by atoms with Gasteiger partial charge in [-0.05, 0) is 35.4 Å². The smallest absolute Gasteiger partial charge is 0.319 e. The molecule has 0 radical (unpaired) electrons. The van der Waals surface area contributed by atoms with Crippen LogP contribution in [0.2, 0.25) is 0 Å². The van der Waals surface area contributed by atoms with Crippen molar-refractivity contribution in [3.63, 3.8) is 0 Å². The molecule has 15 heteroatoms. The van der Waals surface area contributed by atoms with E-state index in [4.69, 9.17) is 44.0 Å². The van der Waals surface area contributed by atoms with E-state index in [1.165, 1.54) is 77.0 Å². The van der Waals surface area contributed by atoms with E-state index >= 15 is 0 Å². The number of rotatable bonds is 10. The molecule has 0 unspecified atom stereocenters. The van der Waals surface area contributed by atoms with Gasteiger partial charge in [-0.25, -0.2) is 0 Å². The summed E-state index contributed by atoms with van der Waals surface area (Å²) in [5.41, 5.74) is 0. The Bertz CT molecular complexity index is 372. The van der Waals surface area contributed by atoms with Crippen molar-refractivity contribution in [3.8, 4) is 0 Å². The maximum Gasteiger partial charge on any atom is 0.319 e. The summed E-state index contributed by atoms with van der Waals surface area (Å²) in [6.07, 6.45) is 17.0. The fourth-order valence-electron chi connectivity index (χ4n) is 1.71. The standard InChI is InChI=1S/2C8H18.3H3O3PS/c2*1-3-5-7-8-6-4-2;3*1-4(2,3)5/h2*3-8H2,1-2H3;3*(H3,1,2,3,5). The highest BCUT2D eigenvalue weighted by Gasteiger charge is 1.93. The maximum absolute atomic E-state index is 7.56. The van der Waals surface area contributed by atoms with Gasteiger partial charge >= 0.3 is 20.2 Å². The second-order valence-electron chi connectivity index (χ2n) is 6.37. The summed E-state index contributed by atoms with van der Waals surface area (Å²) in [5, 5.41) is 0. The molecule has 0 amide bonds. The van der Waals surface area contributed by atoms with E-state index in [0.29, 0.717) is 0 Å². The first-order chi connectivity index (χ1) is 13.8. The Morgan fingerprint density at radius 2 is 0.452 bits per heavy atom. The summed E-state index contributed by atoms with van der Waals surface area (Å²) in [6.45, 7) is -2.39. The van der Waals surface area contributed by atoms with Crippen LogP contribution < -0.4 is 0 Å². The van der Waals surface area contributed by atoms with E-state index in [-0.39, 0.29) is 0 Å². The van der Waals surface area contributed by atoms with Crippen molar-refractivity contribution >= 4 is 55.6 Å². The molecule has 0 aliphatic rings. The van der Waals surface area contributed by atoms with Gasteiger partial charge < -0.3 is 44.0 Å². The van der Waals surface area contributed by atoms with Crippen molar-refractivity contribution in [2.24, 2.45) is 0 Å². The van der Waals surface area contributed by atoms with Gasteiger partial charge in [0.15, 0.2) is 0 Å². The number of unbranched alkanes of at least 4 members (excludes halogenated alkanes) is 10. The first-order valence-corrected chi connectivity index (χ1v) is 18.2. The minimum absolute atomic E-state index is 1.36. The molecule has 0 atom stereocenters. The summed E-state index contributed by atoms with van der Waals surface area (Å²) in [5.74, 6) is 0. The van der Waals surface area contributed by atoms with Crippen molar-refractivity contribution in [3.05, 3.63) is 0 Å². The van der Waals surface area contributed by atoms with Crippen molar-refractivity contribution in [2.75, 3.05) is 0 Å². The van der Waals surface area contributed by atoms with E-state index in [0.717, 1.165) is 0 Å². The van der Waals surface area contributed by atoms with Crippen molar-refractivity contribution in [1.82, 2.24) is 0 Å². The average Bonchev–Trinajstić information content (AvgIpc) is 2.52. The van der Waals surface area contributed by atoms with Crippen molar-refractivity contribution < 1.29 is 44.0 Å². The molecule has 0 aromatic rings. The van der Waals surface area contributed by atoms with E-state index in [1.54, 1.807) is 0 Å². The first kappa shape index (κ1) is 42.7. The lowest BCUT2D eigenvalue weighted by Crippen LogP contribution is -1.73. The van der Waals surface area contributed by atoms with Crippen LogP contribution in [-0.2, 0) is 35.4 Å². The molecule has 9 N–H and O–H groups in total. The molecular weight excluding hydrogens is 525 g/mol. The summed E-state index contributed by atoms with van der Waals surface area (Å²) in [6, 6.07) is 0. The molecule has 0 saturated carbocycles. The topological polar surface area (TPSA) is 182 Å². The minimum Gasteiger partial charge on any atom is -0.325 e. The second kappa shape index (κ2) is 29.6. The normalized spacial score (nSPS) is 10.7. The van der Waals surface area contributed by atoms with E-state index in [9.17, 15) is 0 Å². The lowest BCUT2D eigenvalue weighted by atomic mass is 10.1. The van der Waals surface area contributed by atoms with Crippen LogP contribution in [0.4, 0.5) is 0 Å². The zero-order chi connectivity index (χ0) is 26.0. The molecule has 0 aliphatic heterocycles. The quantitative estimate of drug-likeness (QED) is 0.134. The van der Waals surface area contributed by atoms with Crippen molar-refractivity contribution in [1.29, 1.82) is 0 Å². The van der Waals surface area contributed by atoms with Crippen LogP contribution in [0.5, 0.6) is 0 Å². The highest BCUT2D eigenvalue weighted by atomic mass is 32.5. The van der Waals surface area contributed by atoms with Gasteiger partial charge in [-0.1, -0.05) is 105 Å². The Balaban J connectivity index is -0.0000000928. The largest absolute Gasteiger partial charge is 0.325 e. The third-order valence-corrected chi connectivity index (χ3v) is 2.91. The summed E-state index contributed by atoms with van der Waals surface area (Å²) in [7, 11) is 0. The van der Waals surface area contributed by atoms with Crippen LogP contribution in [0.1, 0.15) is 105 Å². The number of hydrogen-bond donors (Lipinski definition) is 9. The van der Waals surface area contributed by atoms with Gasteiger partial charge in [0, 0.05) is 0 Å². The third kappa shape index (κ3) is 206. The highest BCUT2D eigenvalue weighted by Crippen LogP contribution is 2.27. The summed E-state index contributed by atoms with van der Waals surface area (Å²) < 4.78 is 0. The van der Waals surface area contributed by atoms with Gasteiger partial charge in [-0.3, -0.25) is 0 Å². The molecule has 0 aromatic carbocycles. The molecule has 31 heavy (non-hydrogen) atoms. The molecule has 0 saturated heterocycles. The monoisotopic (exact) mass is 570 g/mol. The fraction of sp³-hybridized carbons (Fsp3) is 1.00. The molecule has 0 aromatic heterocycles. The van der Waals surface area contributed by atoms with Crippen LogP contribution in [-0.4, -0.2) is 44.0 Å². The highest BCUT2D eigenvalue weighted by molar-refractivity contribution is 8.06. The Morgan fingerprint density at radius 3 is 0.516 bits per heavy atom. The van der Waals surface area contributed by atoms with E-state index in [2.05, 4.69) is 63.1 Å². The van der Waals surface area contributed by atoms with Crippen LogP contribution >= 0.6 is 20.2 Å². The van der Waals surface area contributed by atoms with Crippen molar-refractivity contribution in [2.45, 2.75) is 105 Å². The van der Waals surface area contributed by atoms with Crippen LogP contribution in [0.15, 0.2) is 0 Å². The van der Waals surface area contributed by atoms with Gasteiger partial charge in [0.05, 0.1) is 0 Å². The summed E-state index contributed by atoms with van der Waals surface area (Å²) in [4.78, 5) is 68.0. The fourth-order valence-corrected chi connectivity index (χ4v) is 1.71. The average molecular weight is 571 g/mol. The first-order valence-electron chi connectivity index (χ1n) is 10.2. The minimum atomic E-state index is -3.81. The van der Waals surface area contributed by atoms with Gasteiger partial charge in [0.1, 0.15) is 0 Å². The van der Waals surface area contributed by atoms with Gasteiger partial charge in [0.25, 0.3) is 0 Å². The van der Waals surface area contributed by atoms with Gasteiger partial charge in [-0.2, -0.15) is 0 Å².